The Labute approximate surface area is 337 Å². The SMILES string of the molecule is N#Cc1cc(-n2c3cc(-c4cc(C(F)(F)F)cc(C(F)(F)F)c4)ccc3c3ccc(-c4cc(C(F)(F)F)cc(C(F)(F)F)c4)cc32)c(-c2ccccc2)cc1-c1ccncc1. The van der Waals surface area contributed by atoms with Crippen LogP contribution in [-0.4, -0.2) is 9.55 Å². The minimum Gasteiger partial charge on any atom is -0.309 e. The molecule has 0 saturated carbocycles. The van der Waals surface area contributed by atoms with Crippen molar-refractivity contribution in [1.29, 1.82) is 5.26 Å². The predicted octanol–water partition coefficient (Wildman–Crippen LogP) is 14.8. The van der Waals surface area contributed by atoms with E-state index in [4.69, 9.17) is 0 Å². The third-order valence-electron chi connectivity index (χ3n) is 10.2. The van der Waals surface area contributed by atoms with Crippen molar-refractivity contribution >= 4 is 21.8 Å². The van der Waals surface area contributed by atoms with Gasteiger partial charge >= 0.3 is 24.7 Å². The Bertz CT molecular complexity index is 2830. The molecule has 3 nitrogen and oxygen atoms in total. The molecular formula is C46H23F12N3. The molecule has 0 aliphatic carbocycles. The van der Waals surface area contributed by atoms with Crippen molar-refractivity contribution in [3.8, 4) is 56.3 Å². The fourth-order valence-corrected chi connectivity index (χ4v) is 7.37. The molecule has 0 amide bonds. The Morgan fingerprint density at radius 1 is 0.410 bits per heavy atom. The molecule has 306 valence electrons. The summed E-state index contributed by atoms with van der Waals surface area (Å²) < 4.78 is 169. The zero-order valence-corrected chi connectivity index (χ0v) is 30.7. The maximum Gasteiger partial charge on any atom is 0.416 e. The van der Waals surface area contributed by atoms with Gasteiger partial charge in [0.15, 0.2) is 0 Å². The van der Waals surface area contributed by atoms with Gasteiger partial charge in [0.05, 0.1) is 50.6 Å². The fraction of sp³-hybridized carbons (Fsp3) is 0.0870. The molecule has 2 heterocycles. The number of fused-ring (bicyclic) bond motifs is 3. The van der Waals surface area contributed by atoms with E-state index >= 15 is 0 Å². The summed E-state index contributed by atoms with van der Waals surface area (Å²) in [4.78, 5) is 4.04. The van der Waals surface area contributed by atoms with Crippen molar-refractivity contribution in [3.63, 3.8) is 0 Å². The maximum absolute atomic E-state index is 14.0. The zero-order valence-electron chi connectivity index (χ0n) is 30.7. The first-order chi connectivity index (χ1) is 28.7. The molecule has 6 aromatic carbocycles. The lowest BCUT2D eigenvalue weighted by Gasteiger charge is -2.18. The summed E-state index contributed by atoms with van der Waals surface area (Å²) in [5.41, 5.74) is -4.49. The molecule has 61 heavy (non-hydrogen) atoms. The van der Waals surface area contributed by atoms with Crippen LogP contribution in [0.3, 0.4) is 0 Å². The van der Waals surface area contributed by atoms with Crippen LogP contribution in [0.5, 0.6) is 0 Å². The summed E-state index contributed by atoms with van der Waals surface area (Å²) in [5, 5.41) is 11.2. The Kier molecular flexibility index (Phi) is 9.72. The first-order valence-corrected chi connectivity index (χ1v) is 17.9. The summed E-state index contributed by atoms with van der Waals surface area (Å²) in [6.45, 7) is 0. The molecule has 0 bridgehead atoms. The Morgan fingerprint density at radius 3 is 1.25 bits per heavy atom. The molecule has 2 aromatic heterocycles. The lowest BCUT2D eigenvalue weighted by atomic mass is 9.93. The van der Waals surface area contributed by atoms with E-state index in [0.717, 1.165) is 0 Å². The highest BCUT2D eigenvalue weighted by Crippen LogP contribution is 2.45. The molecule has 0 aliphatic heterocycles. The van der Waals surface area contributed by atoms with Gasteiger partial charge in [0.1, 0.15) is 0 Å². The lowest BCUT2D eigenvalue weighted by Crippen LogP contribution is -2.11. The number of nitriles is 1. The van der Waals surface area contributed by atoms with Crippen molar-refractivity contribution < 1.29 is 52.7 Å². The van der Waals surface area contributed by atoms with E-state index in [9.17, 15) is 57.9 Å². The van der Waals surface area contributed by atoms with Gasteiger partial charge in [0.2, 0.25) is 0 Å². The Balaban J connectivity index is 1.49. The molecule has 0 aliphatic rings. The zero-order chi connectivity index (χ0) is 43.6. The van der Waals surface area contributed by atoms with Crippen molar-refractivity contribution in [1.82, 2.24) is 9.55 Å². The number of hydrogen-bond donors (Lipinski definition) is 0. The predicted molar refractivity (Wildman–Crippen MR) is 205 cm³/mol. The first kappa shape index (κ1) is 40.7. The highest BCUT2D eigenvalue weighted by atomic mass is 19.4. The van der Waals surface area contributed by atoms with E-state index < -0.39 is 58.1 Å². The highest BCUT2D eigenvalue weighted by Gasteiger charge is 2.38. The van der Waals surface area contributed by atoms with Crippen LogP contribution < -0.4 is 0 Å². The van der Waals surface area contributed by atoms with Crippen molar-refractivity contribution in [3.05, 3.63) is 168 Å². The van der Waals surface area contributed by atoms with Gasteiger partial charge in [-0.15, -0.1) is 0 Å². The van der Waals surface area contributed by atoms with Gasteiger partial charge in [-0.05, 0) is 106 Å². The van der Waals surface area contributed by atoms with Crippen LogP contribution in [0.1, 0.15) is 27.8 Å². The maximum atomic E-state index is 14.0. The van der Waals surface area contributed by atoms with Gasteiger partial charge in [-0.1, -0.05) is 54.6 Å². The first-order valence-electron chi connectivity index (χ1n) is 17.9. The van der Waals surface area contributed by atoms with Crippen LogP contribution in [0.15, 0.2) is 140 Å². The summed E-state index contributed by atoms with van der Waals surface area (Å²) in [6.07, 6.45) is -17.6. The molecular weight excluding hydrogens is 823 g/mol. The lowest BCUT2D eigenvalue weighted by molar-refractivity contribution is -0.144. The number of nitrogens with zero attached hydrogens (tertiary/aromatic N) is 3. The summed E-state index contributed by atoms with van der Waals surface area (Å²) in [5.74, 6) is 0. The number of aromatic nitrogens is 2. The molecule has 0 saturated heterocycles. The van der Waals surface area contributed by atoms with Crippen LogP contribution in [0.2, 0.25) is 0 Å². The van der Waals surface area contributed by atoms with Gasteiger partial charge < -0.3 is 4.57 Å². The number of pyridine rings is 1. The standard InChI is InChI=1S/C46H23F12N3/c47-43(48,49)32-14-29(15-33(21-32)44(50,51)52)27-6-8-36-37-9-7-28(30-16-34(45(53,54)55)22-35(17-30)46(56,57)58)19-41(37)61(40(36)18-27)42-20-31(24-59)38(26-10-12-60-13-11-26)23-39(42)25-4-2-1-3-5-25/h1-23H. The summed E-state index contributed by atoms with van der Waals surface area (Å²) in [6, 6.07) is 27.9. The monoisotopic (exact) mass is 845 g/mol. The molecule has 8 aromatic rings. The number of benzene rings is 6. The van der Waals surface area contributed by atoms with Crippen molar-refractivity contribution in [2.45, 2.75) is 24.7 Å². The smallest absolute Gasteiger partial charge is 0.309 e. The minimum absolute atomic E-state index is 0.00155. The van der Waals surface area contributed by atoms with Crippen LogP contribution in [0.25, 0.3) is 72.0 Å². The van der Waals surface area contributed by atoms with Crippen LogP contribution in [0, 0.1) is 11.3 Å². The molecule has 0 radical (unpaired) electrons. The van der Waals surface area contributed by atoms with Crippen molar-refractivity contribution in [2.75, 3.05) is 0 Å². The normalized spacial score (nSPS) is 12.6. The third-order valence-corrected chi connectivity index (χ3v) is 10.2. The van der Waals surface area contributed by atoms with Gasteiger partial charge in [0.25, 0.3) is 0 Å². The Hall–Kier alpha value is -7.08. The van der Waals surface area contributed by atoms with Crippen LogP contribution in [0.4, 0.5) is 52.7 Å². The van der Waals surface area contributed by atoms with E-state index in [-0.39, 0.29) is 45.5 Å². The number of rotatable bonds is 5. The third kappa shape index (κ3) is 7.77. The van der Waals surface area contributed by atoms with Gasteiger partial charge in [0, 0.05) is 34.3 Å². The quantitative estimate of drug-likeness (QED) is 0.162. The molecule has 0 N–H and O–H groups in total. The van der Waals surface area contributed by atoms with E-state index in [0.29, 0.717) is 57.3 Å². The van der Waals surface area contributed by atoms with E-state index in [1.54, 1.807) is 48.5 Å². The number of alkyl halides is 12. The van der Waals surface area contributed by atoms with E-state index in [2.05, 4.69) is 11.1 Å². The molecule has 0 fully saturated rings. The van der Waals surface area contributed by atoms with Gasteiger partial charge in [-0.25, -0.2) is 0 Å². The van der Waals surface area contributed by atoms with E-state index in [1.807, 2.05) is 0 Å². The number of halogens is 12. The van der Waals surface area contributed by atoms with Gasteiger partial charge in [-0.3, -0.25) is 4.98 Å². The largest absolute Gasteiger partial charge is 0.416 e. The average molecular weight is 846 g/mol. The van der Waals surface area contributed by atoms with Crippen LogP contribution in [-0.2, 0) is 24.7 Å². The highest BCUT2D eigenvalue weighted by molar-refractivity contribution is 6.12. The molecule has 8 rings (SSSR count). The second-order valence-electron chi connectivity index (χ2n) is 14.0. The minimum atomic E-state index is -5.16. The van der Waals surface area contributed by atoms with Crippen LogP contribution >= 0.6 is 0 Å². The topological polar surface area (TPSA) is 41.6 Å². The van der Waals surface area contributed by atoms with Gasteiger partial charge in [-0.2, -0.15) is 57.9 Å². The molecule has 15 heteroatoms. The number of hydrogen-bond acceptors (Lipinski definition) is 2. The second kappa shape index (κ2) is 14.6. The second-order valence-corrected chi connectivity index (χ2v) is 14.0. The molecule has 0 atom stereocenters. The summed E-state index contributed by atoms with van der Waals surface area (Å²) in [7, 11) is 0. The van der Waals surface area contributed by atoms with E-state index in [1.165, 1.54) is 59.4 Å². The average Bonchev–Trinajstić information content (AvgIpc) is 3.55. The molecule has 0 unspecified atom stereocenters. The fourth-order valence-electron chi connectivity index (χ4n) is 7.37. The van der Waals surface area contributed by atoms with Crippen molar-refractivity contribution in [2.24, 2.45) is 0 Å². The summed E-state index contributed by atoms with van der Waals surface area (Å²) >= 11 is 0. The Morgan fingerprint density at radius 2 is 0.836 bits per heavy atom. The molecule has 0 spiro atoms.